The number of rotatable bonds is 3. The van der Waals surface area contributed by atoms with Crippen molar-refractivity contribution in [3.05, 3.63) is 30.1 Å². The molecule has 2 aromatic rings. The number of carbonyl (C=O) groups is 1. The maximum Gasteiger partial charge on any atom is 0.165 e. The van der Waals surface area contributed by atoms with E-state index in [1.807, 2.05) is 29.9 Å². The summed E-state index contributed by atoms with van der Waals surface area (Å²) >= 11 is 0. The first-order chi connectivity index (χ1) is 7.22. The topological polar surface area (TPSA) is 60.9 Å². The summed E-state index contributed by atoms with van der Waals surface area (Å²) < 4.78 is 1.95. The van der Waals surface area contributed by atoms with Crippen molar-refractivity contribution >= 4 is 16.8 Å². The second-order valence-electron chi connectivity index (χ2n) is 3.52. The lowest BCUT2D eigenvalue weighted by molar-refractivity contribution is 0.0985. The van der Waals surface area contributed by atoms with Crippen molar-refractivity contribution in [2.45, 2.75) is 6.42 Å². The largest absolute Gasteiger partial charge is 0.349 e. The number of pyridine rings is 1. The molecule has 15 heavy (non-hydrogen) atoms. The summed E-state index contributed by atoms with van der Waals surface area (Å²) in [5.74, 6) is 0.0492. The summed E-state index contributed by atoms with van der Waals surface area (Å²) in [4.78, 5) is 15.8. The number of hydrogen-bond acceptors (Lipinski definition) is 3. The number of nitrogens with two attached hydrogens (primary N) is 1. The molecule has 2 heterocycles. The first-order valence-corrected chi connectivity index (χ1v) is 4.86. The molecule has 2 aromatic heterocycles. The van der Waals surface area contributed by atoms with E-state index in [2.05, 4.69) is 4.98 Å². The van der Waals surface area contributed by atoms with Gasteiger partial charge in [-0.25, -0.2) is 0 Å². The molecule has 0 atom stereocenters. The van der Waals surface area contributed by atoms with Crippen LogP contribution in [0.5, 0.6) is 0 Å². The van der Waals surface area contributed by atoms with Crippen molar-refractivity contribution in [1.82, 2.24) is 9.55 Å². The minimum absolute atomic E-state index is 0.0492. The smallest absolute Gasteiger partial charge is 0.165 e. The van der Waals surface area contributed by atoms with E-state index in [0.29, 0.717) is 18.5 Å². The summed E-state index contributed by atoms with van der Waals surface area (Å²) in [5, 5.41) is 0. The van der Waals surface area contributed by atoms with Gasteiger partial charge in [0.2, 0.25) is 0 Å². The summed E-state index contributed by atoms with van der Waals surface area (Å²) in [6.07, 6.45) is 3.91. The van der Waals surface area contributed by atoms with Gasteiger partial charge in [0.15, 0.2) is 5.78 Å². The number of aryl methyl sites for hydroxylation is 1. The van der Waals surface area contributed by atoms with Gasteiger partial charge in [-0.3, -0.25) is 9.78 Å². The first-order valence-electron chi connectivity index (χ1n) is 4.86. The Morgan fingerprint density at radius 3 is 3.13 bits per heavy atom. The number of aromatic nitrogens is 2. The fraction of sp³-hybridized carbons (Fsp3) is 0.273. The predicted octanol–water partition coefficient (Wildman–Crippen LogP) is 1.10. The van der Waals surface area contributed by atoms with Gasteiger partial charge < -0.3 is 10.3 Å². The van der Waals surface area contributed by atoms with Gasteiger partial charge in [0.1, 0.15) is 0 Å². The Kier molecular flexibility index (Phi) is 2.51. The van der Waals surface area contributed by atoms with Crippen molar-refractivity contribution < 1.29 is 4.79 Å². The number of hydrogen-bond donors (Lipinski definition) is 1. The van der Waals surface area contributed by atoms with Crippen LogP contribution in [0.4, 0.5) is 0 Å². The normalized spacial score (nSPS) is 10.8. The van der Waals surface area contributed by atoms with Gasteiger partial charge in [-0.15, -0.1) is 0 Å². The quantitative estimate of drug-likeness (QED) is 0.760. The zero-order chi connectivity index (χ0) is 10.8. The van der Waals surface area contributed by atoms with Crippen molar-refractivity contribution in [3.63, 3.8) is 0 Å². The van der Waals surface area contributed by atoms with E-state index in [4.69, 9.17) is 5.73 Å². The SMILES string of the molecule is Cn1ccc2ncc(C(=O)CCN)cc21. The molecular weight excluding hydrogens is 190 g/mol. The lowest BCUT2D eigenvalue weighted by Crippen LogP contribution is -2.08. The molecule has 0 fully saturated rings. The molecule has 0 amide bonds. The lowest BCUT2D eigenvalue weighted by Gasteiger charge is -2.00. The van der Waals surface area contributed by atoms with Gasteiger partial charge in [-0.2, -0.15) is 0 Å². The zero-order valence-corrected chi connectivity index (χ0v) is 8.60. The molecule has 4 nitrogen and oxygen atoms in total. The zero-order valence-electron chi connectivity index (χ0n) is 8.60. The molecule has 2 rings (SSSR count). The van der Waals surface area contributed by atoms with Gasteiger partial charge >= 0.3 is 0 Å². The van der Waals surface area contributed by atoms with Crippen LogP contribution >= 0.6 is 0 Å². The molecule has 0 saturated heterocycles. The third-order valence-electron chi connectivity index (χ3n) is 2.43. The molecule has 4 heteroatoms. The summed E-state index contributed by atoms with van der Waals surface area (Å²) in [6.45, 7) is 0.379. The van der Waals surface area contributed by atoms with E-state index in [0.717, 1.165) is 11.0 Å². The van der Waals surface area contributed by atoms with E-state index in [9.17, 15) is 4.79 Å². The third-order valence-corrected chi connectivity index (χ3v) is 2.43. The molecule has 0 unspecified atom stereocenters. The van der Waals surface area contributed by atoms with Crippen LogP contribution in [0.15, 0.2) is 24.5 Å². The van der Waals surface area contributed by atoms with E-state index in [-0.39, 0.29) is 5.78 Å². The van der Waals surface area contributed by atoms with Crippen LogP contribution in [0, 0.1) is 0 Å². The Balaban J connectivity index is 2.45. The van der Waals surface area contributed by atoms with Crippen molar-refractivity contribution in [2.24, 2.45) is 12.8 Å². The molecular formula is C11H13N3O. The molecule has 0 bridgehead atoms. The van der Waals surface area contributed by atoms with Crippen LogP contribution in [0.2, 0.25) is 0 Å². The van der Waals surface area contributed by atoms with Crippen molar-refractivity contribution in [1.29, 1.82) is 0 Å². The van der Waals surface area contributed by atoms with Crippen LogP contribution in [0.25, 0.3) is 11.0 Å². The average molecular weight is 203 g/mol. The van der Waals surface area contributed by atoms with Gasteiger partial charge in [0.05, 0.1) is 11.0 Å². The number of carbonyl (C=O) groups excluding carboxylic acids is 1. The second-order valence-corrected chi connectivity index (χ2v) is 3.52. The minimum Gasteiger partial charge on any atom is -0.349 e. The highest BCUT2D eigenvalue weighted by Gasteiger charge is 2.07. The molecule has 0 aliphatic carbocycles. The number of nitrogens with zero attached hydrogens (tertiary/aromatic N) is 2. The second kappa shape index (κ2) is 3.82. The Morgan fingerprint density at radius 1 is 1.60 bits per heavy atom. The Morgan fingerprint density at radius 2 is 2.40 bits per heavy atom. The fourth-order valence-corrected chi connectivity index (χ4v) is 1.57. The van der Waals surface area contributed by atoms with Crippen LogP contribution in [-0.2, 0) is 7.05 Å². The third kappa shape index (κ3) is 1.76. The Hall–Kier alpha value is -1.68. The number of fused-ring (bicyclic) bond motifs is 1. The molecule has 0 aromatic carbocycles. The number of ketones is 1. The first kappa shape index (κ1) is 9.86. The molecule has 2 N–H and O–H groups in total. The van der Waals surface area contributed by atoms with E-state index in [1.54, 1.807) is 6.20 Å². The average Bonchev–Trinajstić information content (AvgIpc) is 2.60. The molecule has 0 saturated carbocycles. The van der Waals surface area contributed by atoms with Crippen LogP contribution < -0.4 is 5.73 Å². The minimum atomic E-state index is 0.0492. The van der Waals surface area contributed by atoms with Crippen LogP contribution in [-0.4, -0.2) is 21.9 Å². The number of Topliss-reactive ketones (excluding diaryl/α,β-unsaturated/α-hetero) is 1. The van der Waals surface area contributed by atoms with Crippen LogP contribution in [0.3, 0.4) is 0 Å². The maximum atomic E-state index is 11.6. The Bertz CT molecular complexity index is 502. The van der Waals surface area contributed by atoms with Crippen molar-refractivity contribution in [3.8, 4) is 0 Å². The summed E-state index contributed by atoms with van der Waals surface area (Å²) in [6, 6.07) is 3.78. The lowest BCUT2D eigenvalue weighted by atomic mass is 10.1. The van der Waals surface area contributed by atoms with E-state index >= 15 is 0 Å². The van der Waals surface area contributed by atoms with Gasteiger partial charge in [-0.05, 0) is 18.7 Å². The maximum absolute atomic E-state index is 11.6. The van der Waals surface area contributed by atoms with Gasteiger partial charge in [0, 0.05) is 31.4 Å². The molecule has 0 radical (unpaired) electrons. The predicted molar refractivity (Wildman–Crippen MR) is 58.7 cm³/mol. The molecule has 0 spiro atoms. The summed E-state index contributed by atoms with van der Waals surface area (Å²) in [5.41, 5.74) is 7.85. The Labute approximate surface area is 87.7 Å². The summed E-state index contributed by atoms with van der Waals surface area (Å²) in [7, 11) is 1.93. The highest BCUT2D eigenvalue weighted by atomic mass is 16.1. The van der Waals surface area contributed by atoms with Crippen LogP contribution in [0.1, 0.15) is 16.8 Å². The molecule has 0 aliphatic rings. The molecule has 0 aliphatic heterocycles. The van der Waals surface area contributed by atoms with Gasteiger partial charge in [-0.1, -0.05) is 0 Å². The highest BCUT2D eigenvalue weighted by Crippen LogP contribution is 2.14. The fourth-order valence-electron chi connectivity index (χ4n) is 1.57. The standard InChI is InChI=1S/C11H13N3O/c1-14-5-3-9-10(14)6-8(7-13-9)11(15)2-4-12/h3,5-7H,2,4,12H2,1H3. The highest BCUT2D eigenvalue weighted by molar-refractivity contribution is 5.98. The van der Waals surface area contributed by atoms with Gasteiger partial charge in [0.25, 0.3) is 0 Å². The monoisotopic (exact) mass is 203 g/mol. The van der Waals surface area contributed by atoms with Crippen molar-refractivity contribution in [2.75, 3.05) is 6.54 Å². The molecule has 78 valence electrons. The van der Waals surface area contributed by atoms with E-state index in [1.165, 1.54) is 0 Å². The van der Waals surface area contributed by atoms with E-state index < -0.39 is 0 Å².